The van der Waals surface area contributed by atoms with Crippen molar-refractivity contribution < 1.29 is 14.3 Å². The molecule has 4 rings (SSSR count). The lowest BCUT2D eigenvalue weighted by atomic mass is 9.46. The predicted molar refractivity (Wildman–Crippen MR) is 131 cm³/mol. The minimum Gasteiger partial charge on any atom is -0.452 e. The van der Waals surface area contributed by atoms with Gasteiger partial charge >= 0.3 is 5.97 Å². The summed E-state index contributed by atoms with van der Waals surface area (Å²) in [5.74, 6) is 2.26. The maximum atomic E-state index is 12.3. The number of fused-ring (bicyclic) bond motifs is 5. The van der Waals surface area contributed by atoms with Gasteiger partial charge in [-0.2, -0.15) is 0 Å². The van der Waals surface area contributed by atoms with Gasteiger partial charge in [-0.3, -0.25) is 9.59 Å². The van der Waals surface area contributed by atoms with Crippen LogP contribution in [0.1, 0.15) is 92.4 Å². The van der Waals surface area contributed by atoms with Gasteiger partial charge in [-0.25, -0.2) is 0 Å². The number of esters is 1. The highest BCUT2D eigenvalue weighted by Gasteiger charge is 2.67. The largest absolute Gasteiger partial charge is 0.452 e. The van der Waals surface area contributed by atoms with Gasteiger partial charge < -0.3 is 10.1 Å². The molecule has 3 fully saturated rings. The number of amides is 1. The van der Waals surface area contributed by atoms with Gasteiger partial charge in [0, 0.05) is 24.2 Å². The normalized spacial score (nSPS) is 43.4. The first-order valence-electron chi connectivity index (χ1n) is 12.6. The molecule has 178 valence electrons. The Morgan fingerprint density at radius 2 is 1.88 bits per heavy atom. The summed E-state index contributed by atoms with van der Waals surface area (Å²) in [7, 11) is 0. The molecule has 0 aliphatic heterocycles. The van der Waals surface area contributed by atoms with E-state index in [4.69, 9.17) is 4.74 Å². The average molecular weight is 507 g/mol. The van der Waals surface area contributed by atoms with E-state index in [0.717, 1.165) is 31.6 Å². The molecule has 1 N–H and O–H groups in total. The maximum Gasteiger partial charge on any atom is 0.303 e. The van der Waals surface area contributed by atoms with E-state index in [2.05, 4.69) is 48.1 Å². The summed E-state index contributed by atoms with van der Waals surface area (Å²) in [6.45, 7) is 10.2. The number of rotatable bonds is 4. The Hall–Kier alpha value is -1.10. The van der Waals surface area contributed by atoms with Crippen LogP contribution in [0.3, 0.4) is 0 Å². The number of hydrogen-bond acceptors (Lipinski definition) is 3. The van der Waals surface area contributed by atoms with Crippen molar-refractivity contribution in [2.24, 2.45) is 34.5 Å². The van der Waals surface area contributed by atoms with Crippen molar-refractivity contribution in [1.82, 2.24) is 5.32 Å². The van der Waals surface area contributed by atoms with Gasteiger partial charge in [0.25, 0.3) is 0 Å². The lowest BCUT2D eigenvalue weighted by Crippen LogP contribution is -2.58. The van der Waals surface area contributed by atoms with Gasteiger partial charge in [0.15, 0.2) is 5.60 Å². The van der Waals surface area contributed by atoms with Gasteiger partial charge in [0.2, 0.25) is 5.91 Å². The zero-order valence-corrected chi connectivity index (χ0v) is 22.0. The molecule has 0 radical (unpaired) electrons. The molecular weight excluding hydrogens is 466 g/mol. The number of ether oxygens (including phenoxy) is 1. The molecule has 0 heterocycles. The molecule has 0 aromatic carbocycles. The van der Waals surface area contributed by atoms with Gasteiger partial charge in [-0.1, -0.05) is 54.8 Å². The Balaban J connectivity index is 1.71. The van der Waals surface area contributed by atoms with Crippen molar-refractivity contribution in [1.29, 1.82) is 0 Å². The smallest absolute Gasteiger partial charge is 0.303 e. The molecule has 5 heteroatoms. The van der Waals surface area contributed by atoms with Gasteiger partial charge in [0.05, 0.1) is 5.70 Å². The van der Waals surface area contributed by atoms with Crippen molar-refractivity contribution in [3.63, 3.8) is 0 Å². The highest BCUT2D eigenvalue weighted by atomic mass is 79.9. The standard InChI is InChI=1S/C27H40BrNO3/c1-6-19-9-12-25(4)20(15-19)7-8-21-22(25)10-13-26(5)23(21)11-14-27(26,32-18(3)31)24(16-28)29-17(2)30/h7,16,19,21-23H,6,8-15H2,1-5H3,(H,29,30)/t19?,21-,22+,23+,25+,26+,27+/m1/s1. The first-order chi connectivity index (χ1) is 15.1. The minimum absolute atomic E-state index is 0.131. The Morgan fingerprint density at radius 1 is 1.16 bits per heavy atom. The number of hydrogen-bond donors (Lipinski definition) is 1. The molecule has 7 atom stereocenters. The number of carbonyl (C=O) groups is 2. The highest BCUT2D eigenvalue weighted by Crippen LogP contribution is 2.69. The Kier molecular flexibility index (Phi) is 6.46. The molecule has 0 aromatic heterocycles. The van der Waals surface area contributed by atoms with E-state index in [9.17, 15) is 9.59 Å². The molecule has 3 saturated carbocycles. The van der Waals surface area contributed by atoms with Crippen molar-refractivity contribution in [2.75, 3.05) is 0 Å². The van der Waals surface area contributed by atoms with Crippen LogP contribution in [-0.4, -0.2) is 17.5 Å². The summed E-state index contributed by atoms with van der Waals surface area (Å²) < 4.78 is 6.20. The van der Waals surface area contributed by atoms with E-state index in [1.54, 1.807) is 10.6 Å². The van der Waals surface area contributed by atoms with Crippen molar-refractivity contribution in [3.8, 4) is 0 Å². The van der Waals surface area contributed by atoms with Crippen LogP contribution in [-0.2, 0) is 14.3 Å². The van der Waals surface area contributed by atoms with Crippen LogP contribution in [0.15, 0.2) is 22.3 Å². The summed E-state index contributed by atoms with van der Waals surface area (Å²) in [6.07, 6.45) is 13.0. The number of halogens is 1. The van der Waals surface area contributed by atoms with Crippen LogP contribution in [0, 0.1) is 34.5 Å². The maximum absolute atomic E-state index is 12.3. The third-order valence-corrected chi connectivity index (χ3v) is 10.5. The van der Waals surface area contributed by atoms with Crippen LogP contribution >= 0.6 is 15.9 Å². The summed E-state index contributed by atoms with van der Waals surface area (Å²) in [5.41, 5.74) is 1.78. The monoisotopic (exact) mass is 505 g/mol. The van der Waals surface area contributed by atoms with E-state index in [0.29, 0.717) is 28.9 Å². The van der Waals surface area contributed by atoms with Crippen LogP contribution < -0.4 is 5.32 Å². The topological polar surface area (TPSA) is 55.4 Å². The number of nitrogens with one attached hydrogen (secondary N) is 1. The summed E-state index contributed by atoms with van der Waals surface area (Å²) in [6, 6.07) is 0. The molecule has 4 nitrogen and oxygen atoms in total. The summed E-state index contributed by atoms with van der Waals surface area (Å²) >= 11 is 3.48. The quantitative estimate of drug-likeness (QED) is 0.343. The van der Waals surface area contributed by atoms with Crippen LogP contribution in [0.4, 0.5) is 0 Å². The Labute approximate surface area is 202 Å². The van der Waals surface area contributed by atoms with Crippen LogP contribution in [0.25, 0.3) is 0 Å². The molecule has 0 aromatic rings. The Bertz CT molecular complexity index is 850. The summed E-state index contributed by atoms with van der Waals surface area (Å²) in [5, 5.41) is 3.00. The molecule has 4 aliphatic carbocycles. The molecule has 0 spiro atoms. The predicted octanol–water partition coefficient (Wildman–Crippen LogP) is 6.65. The number of carbonyl (C=O) groups excluding carboxylic acids is 2. The fraction of sp³-hybridized carbons (Fsp3) is 0.778. The lowest BCUT2D eigenvalue weighted by molar-refractivity contribution is -0.174. The Morgan fingerprint density at radius 3 is 2.50 bits per heavy atom. The molecule has 1 amide bonds. The molecule has 0 saturated heterocycles. The zero-order valence-electron chi connectivity index (χ0n) is 20.4. The van der Waals surface area contributed by atoms with E-state index in [-0.39, 0.29) is 17.3 Å². The minimum atomic E-state index is -0.783. The lowest BCUT2D eigenvalue weighted by Gasteiger charge is -2.59. The van der Waals surface area contributed by atoms with Gasteiger partial charge in [-0.05, 0) is 80.5 Å². The highest BCUT2D eigenvalue weighted by molar-refractivity contribution is 9.11. The van der Waals surface area contributed by atoms with Gasteiger partial charge in [-0.15, -0.1) is 0 Å². The SMILES string of the molecule is CCC1CC[C@@]2(C)C(=CC[C@@H]3[C@@H]2CC[C@@]2(C)[C@H]3CC[C@]2(OC(C)=O)C(=CBr)NC(C)=O)C1. The summed E-state index contributed by atoms with van der Waals surface area (Å²) in [4.78, 5) is 26.1. The van der Waals surface area contributed by atoms with Crippen molar-refractivity contribution in [3.05, 3.63) is 22.3 Å². The van der Waals surface area contributed by atoms with Crippen molar-refractivity contribution in [2.45, 2.75) is 98.0 Å². The first kappa shape index (κ1) is 24.0. The zero-order chi connectivity index (χ0) is 23.3. The number of allylic oxidation sites excluding steroid dienone is 2. The van der Waals surface area contributed by atoms with E-state index in [1.807, 2.05) is 0 Å². The van der Waals surface area contributed by atoms with Crippen LogP contribution in [0.5, 0.6) is 0 Å². The fourth-order valence-electron chi connectivity index (χ4n) is 8.40. The van der Waals surface area contributed by atoms with Gasteiger partial charge in [0.1, 0.15) is 0 Å². The van der Waals surface area contributed by atoms with E-state index >= 15 is 0 Å². The second kappa shape index (κ2) is 8.60. The molecule has 0 bridgehead atoms. The second-order valence-electron chi connectivity index (χ2n) is 11.4. The molecule has 1 unspecified atom stereocenters. The van der Waals surface area contributed by atoms with Crippen molar-refractivity contribution >= 4 is 27.8 Å². The third kappa shape index (κ3) is 3.52. The van der Waals surface area contributed by atoms with Crippen LogP contribution in [0.2, 0.25) is 0 Å². The first-order valence-corrected chi connectivity index (χ1v) is 13.5. The second-order valence-corrected chi connectivity index (χ2v) is 11.9. The molecular formula is C27H40BrNO3. The van der Waals surface area contributed by atoms with E-state index in [1.165, 1.54) is 46.0 Å². The van der Waals surface area contributed by atoms with E-state index < -0.39 is 5.60 Å². The third-order valence-electron chi connectivity index (χ3n) is 10.1. The fourth-order valence-corrected chi connectivity index (χ4v) is 8.88. The molecule has 32 heavy (non-hydrogen) atoms. The average Bonchev–Trinajstić information content (AvgIpc) is 3.03. The molecule has 4 aliphatic rings.